The van der Waals surface area contributed by atoms with Crippen molar-refractivity contribution in [3.8, 4) is 0 Å². The number of benzene rings is 6. The van der Waals surface area contributed by atoms with Crippen molar-refractivity contribution < 1.29 is 64.4 Å². The van der Waals surface area contributed by atoms with Crippen molar-refractivity contribution in [2.24, 2.45) is 5.73 Å². The van der Waals surface area contributed by atoms with Crippen LogP contribution in [0.2, 0.25) is 0 Å². The number of nitrogens with zero attached hydrogens (tertiary/aromatic N) is 3. The van der Waals surface area contributed by atoms with Gasteiger partial charge in [0.1, 0.15) is 11.5 Å². The molecule has 472 valence electrons. The van der Waals surface area contributed by atoms with E-state index in [1.807, 2.05) is 50.2 Å². The Labute approximate surface area is 524 Å². The maximum atomic E-state index is 11.0. The molecule has 0 aliphatic carbocycles. The van der Waals surface area contributed by atoms with E-state index < -0.39 is 27.0 Å². The third kappa shape index (κ3) is 20.9. The lowest BCUT2D eigenvalue weighted by molar-refractivity contribution is -0.700. The molecule has 0 unspecified atom stereocenters. The first-order chi connectivity index (χ1) is 41.4. The summed E-state index contributed by atoms with van der Waals surface area (Å²) in [6, 6.07) is 58.0. The minimum atomic E-state index is -3.67. The molecule has 0 saturated heterocycles. The molecule has 6 aromatic carbocycles. The predicted molar refractivity (Wildman–Crippen MR) is 347 cm³/mol. The van der Waals surface area contributed by atoms with Gasteiger partial charge in [-0.05, 0) is 97.5 Å². The Morgan fingerprint density at radius 2 is 1.02 bits per heavy atom. The normalized spacial score (nSPS) is 14.1. The van der Waals surface area contributed by atoms with E-state index in [-0.39, 0.29) is 40.5 Å². The molecular formula is C71H76B2F8N4O5. The molecule has 0 amide bonds. The van der Waals surface area contributed by atoms with Gasteiger partial charge in [0.05, 0.1) is 18.3 Å². The van der Waals surface area contributed by atoms with Gasteiger partial charge in [-0.1, -0.05) is 167 Å². The van der Waals surface area contributed by atoms with Crippen LogP contribution in [0.5, 0.6) is 0 Å². The maximum Gasteiger partial charge on any atom is 0.762 e. The Morgan fingerprint density at radius 3 is 1.53 bits per heavy atom. The van der Waals surface area contributed by atoms with Crippen molar-refractivity contribution in [1.82, 2.24) is 4.58 Å². The monoisotopic (exact) mass is 1240 g/mol. The average Bonchev–Trinajstić information content (AvgIpc) is 1.66. The molecule has 4 heterocycles. The van der Waals surface area contributed by atoms with Gasteiger partial charge in [-0.3, -0.25) is 35.5 Å². The van der Waals surface area contributed by atoms with Gasteiger partial charge in [0.2, 0.25) is 11.4 Å². The van der Waals surface area contributed by atoms with Crippen molar-refractivity contribution in [2.75, 3.05) is 4.90 Å². The Morgan fingerprint density at radius 1 is 0.578 bits per heavy atom. The summed E-state index contributed by atoms with van der Waals surface area (Å²) in [5.41, 5.74) is 23.7. The van der Waals surface area contributed by atoms with Crippen LogP contribution in [-0.2, 0) is 51.1 Å². The molecular weight excluding hydrogens is 1160 g/mol. The summed E-state index contributed by atoms with van der Waals surface area (Å²) in [7, 11) is -7.33. The molecule has 0 atom stereocenters. The van der Waals surface area contributed by atoms with E-state index in [9.17, 15) is 35.5 Å². The Kier molecular flexibility index (Phi) is 29.1. The number of fused-ring (bicyclic) bond motifs is 2. The second-order valence-corrected chi connectivity index (χ2v) is 21.7. The smallest absolute Gasteiger partial charge is 0.762 e. The number of pyridine rings is 1. The van der Waals surface area contributed by atoms with Crippen LogP contribution in [0.25, 0.3) is 6.08 Å². The zero-order valence-corrected chi connectivity index (χ0v) is 50.8. The molecule has 0 fully saturated rings. The van der Waals surface area contributed by atoms with Crippen LogP contribution < -0.4 is 29.2 Å². The number of halogens is 8. The van der Waals surface area contributed by atoms with Crippen molar-refractivity contribution >= 4 is 61.6 Å². The zero-order chi connectivity index (χ0) is 63.4. The van der Waals surface area contributed by atoms with Crippen molar-refractivity contribution in [2.45, 2.75) is 99.6 Å². The van der Waals surface area contributed by atoms with Gasteiger partial charge in [-0.2, -0.15) is 9.14 Å². The summed E-state index contributed by atoms with van der Waals surface area (Å²) in [5.74, 6) is 0.228. The number of nitrogens with two attached hydrogens (primary N) is 1. The highest BCUT2D eigenvalue weighted by Crippen LogP contribution is 2.51. The first-order valence-corrected chi connectivity index (χ1v) is 28.1. The highest BCUT2D eigenvalue weighted by atomic mass is 19.4. The van der Waals surface area contributed by atoms with E-state index in [1.165, 1.54) is 56.7 Å². The second-order valence-electron chi connectivity index (χ2n) is 21.7. The second kappa shape index (κ2) is 35.0. The highest BCUT2D eigenvalue weighted by Gasteiger charge is 2.45. The number of aromatic nitrogens is 1. The van der Waals surface area contributed by atoms with E-state index in [4.69, 9.17) is 20.7 Å². The molecule has 9 nitrogen and oxygen atoms in total. The summed E-state index contributed by atoms with van der Waals surface area (Å²) in [4.78, 5) is 23.6. The van der Waals surface area contributed by atoms with E-state index >= 15 is 0 Å². The fourth-order valence-corrected chi connectivity index (χ4v) is 10.6. The van der Waals surface area contributed by atoms with Crippen molar-refractivity contribution in [1.29, 1.82) is 0 Å². The molecule has 0 bridgehead atoms. The molecule has 10 rings (SSSR count). The largest absolute Gasteiger partial charge is 1.00 e. The predicted octanol–water partition coefficient (Wildman–Crippen LogP) is 11.0. The summed E-state index contributed by atoms with van der Waals surface area (Å²) in [6.45, 7) is 18.7. The third-order valence-corrected chi connectivity index (χ3v) is 14.5. The molecule has 19 heteroatoms. The van der Waals surface area contributed by atoms with Gasteiger partial charge in [-0.15, -0.1) is 0 Å². The van der Waals surface area contributed by atoms with Gasteiger partial charge in [-0.25, -0.2) is 0 Å². The van der Waals surface area contributed by atoms with Crippen LogP contribution in [0.3, 0.4) is 0 Å². The third-order valence-electron chi connectivity index (χ3n) is 14.5. The van der Waals surface area contributed by atoms with Gasteiger partial charge < -0.3 is 35.0 Å². The number of rotatable bonds is 13. The lowest BCUT2D eigenvalue weighted by atomic mass is 9.81. The SMILES string of the molecule is C.CC1=CC(=C/C=C/C2=[N+](c3ccccc3)c3ccccc3C2(C)C)C=C(C)O1.Cc1cc(C=CC=C2N(c3ccccc3)c3ccccc3C2(C)C)cc(C)[n+]1Cc1ccc(CC(=O)O)cc1.FB(F)F.FB(F)F.NCc1ccc(CC(=O)O)cc1.[F-].[F-]. The number of anilines is 2. The highest BCUT2D eigenvalue weighted by molar-refractivity contribution is 6.33. The molecule has 0 radical (unpaired) electrons. The summed E-state index contributed by atoms with van der Waals surface area (Å²) < 4.78 is 68.2. The van der Waals surface area contributed by atoms with Crippen LogP contribution in [0, 0.1) is 13.8 Å². The summed E-state index contributed by atoms with van der Waals surface area (Å²) in [5, 5.41) is 17.5. The van der Waals surface area contributed by atoms with Gasteiger partial charge in [0, 0.05) is 90.4 Å². The van der Waals surface area contributed by atoms with Crippen LogP contribution >= 0.6 is 0 Å². The molecule has 0 spiro atoms. The van der Waals surface area contributed by atoms with Crippen molar-refractivity contribution in [3.63, 3.8) is 0 Å². The number of aryl methyl sites for hydroxylation is 2. The fourth-order valence-electron chi connectivity index (χ4n) is 10.6. The Balaban J connectivity index is 0.000000360. The van der Waals surface area contributed by atoms with E-state index in [2.05, 4.69) is 226 Å². The zero-order valence-electron chi connectivity index (χ0n) is 50.8. The number of hydrogen-bond acceptors (Lipinski definition) is 5. The number of carboxylic acid groups (broad SMARTS) is 2. The first kappa shape index (κ1) is 74.9. The number of hydrogen-bond donors (Lipinski definition) is 3. The first-order valence-electron chi connectivity index (χ1n) is 28.1. The van der Waals surface area contributed by atoms with Gasteiger partial charge >= 0.3 is 27.0 Å². The standard InChI is InChI=1S/C35H34N2O2.C26H26NO.C9H11NO2.CH4.2BF3.2FH/c1-25-21-29(22-26(2)36(25)24-28-19-17-27(18-20-28)23-34(38)39)11-10-16-33-35(3,4)31-14-8-9-15-32(31)37(33)30-12-6-5-7-13-30;1-19-17-21(18-20(2)28-19)11-10-16-25-26(3,4)23-14-8-9-15-24(23)27(25)22-12-6-5-7-13-22;10-6-8-3-1-7(2-4-8)5-9(11)12;;2*2-1(3)4;;/h5-22H,23-24H2,1-4H3;5-18H,1-4H3;1-4H,5-6,10H2,(H,11,12);1H4;;;2*1H/q;+1;;;;;;/p-1/b;16-10+;;;;;;. The number of carbonyl (C=O) groups is 2. The van der Waals surface area contributed by atoms with Crippen LogP contribution in [0.4, 0.5) is 48.6 Å². The van der Waals surface area contributed by atoms with Crippen LogP contribution in [0.1, 0.15) is 99.3 Å². The number of ether oxygens (including phenoxy) is 1. The number of allylic oxidation sites excluding steroid dienone is 11. The number of aliphatic carboxylic acids is 2. The lowest BCUT2D eigenvalue weighted by Gasteiger charge is -2.27. The number of para-hydroxylation sites is 4. The Hall–Kier alpha value is -9.35. The van der Waals surface area contributed by atoms with E-state index in [0.717, 1.165) is 51.5 Å². The summed E-state index contributed by atoms with van der Waals surface area (Å²) in [6.07, 6.45) is 17.4. The maximum absolute atomic E-state index is 11.0. The molecule has 7 aromatic rings. The average molecular weight is 1240 g/mol. The van der Waals surface area contributed by atoms with Gasteiger partial charge in [0.25, 0.3) is 0 Å². The van der Waals surface area contributed by atoms with E-state index in [0.29, 0.717) is 6.54 Å². The topological polar surface area (TPSA) is 120 Å². The quantitative estimate of drug-likeness (QED) is 0.0598. The minimum Gasteiger partial charge on any atom is -1.00 e. The fraction of sp³-hybridized carbons (Fsp3) is 0.211. The Bertz CT molecular complexity index is 3670. The molecule has 3 aliphatic heterocycles. The lowest BCUT2D eigenvalue weighted by Crippen LogP contribution is -3.00. The van der Waals surface area contributed by atoms with Crippen molar-refractivity contribution in [3.05, 3.63) is 286 Å². The minimum absolute atomic E-state index is 0. The van der Waals surface area contributed by atoms with Crippen LogP contribution in [-0.4, -0.2) is 43.0 Å². The summed E-state index contributed by atoms with van der Waals surface area (Å²) >= 11 is 0. The van der Waals surface area contributed by atoms with Crippen LogP contribution in [0.15, 0.2) is 235 Å². The molecule has 4 N–H and O–H groups in total. The van der Waals surface area contributed by atoms with Gasteiger partial charge in [0.15, 0.2) is 23.6 Å². The van der Waals surface area contributed by atoms with E-state index in [1.54, 1.807) is 12.1 Å². The number of carboxylic acids is 2. The molecule has 1 aromatic heterocycles. The molecule has 3 aliphatic rings. The molecule has 0 saturated carbocycles. The molecule has 90 heavy (non-hydrogen) atoms.